The molecular weight excluding hydrogens is 350 g/mol. The van der Waals surface area contributed by atoms with Crippen molar-refractivity contribution in [2.75, 3.05) is 5.32 Å². The van der Waals surface area contributed by atoms with Crippen LogP contribution in [0, 0.1) is 6.92 Å². The van der Waals surface area contributed by atoms with E-state index in [4.69, 9.17) is 11.6 Å². The van der Waals surface area contributed by atoms with E-state index in [2.05, 4.69) is 15.6 Å². The number of halogens is 1. The summed E-state index contributed by atoms with van der Waals surface area (Å²) in [4.78, 5) is 17.4. The van der Waals surface area contributed by atoms with Crippen molar-refractivity contribution in [1.29, 1.82) is 0 Å². The molecule has 0 fully saturated rings. The number of hydrogen-bond donors (Lipinski definition) is 2. The molecule has 2 aromatic heterocycles. The zero-order chi connectivity index (χ0) is 16.2. The van der Waals surface area contributed by atoms with Gasteiger partial charge in [0.1, 0.15) is 5.01 Å². The number of benzene rings is 1. The zero-order valence-corrected chi connectivity index (χ0v) is 14.7. The van der Waals surface area contributed by atoms with Gasteiger partial charge in [-0.2, -0.15) is 0 Å². The molecule has 0 radical (unpaired) electrons. The number of aromatic nitrogens is 1. The molecule has 4 nitrogen and oxygen atoms in total. The van der Waals surface area contributed by atoms with Crippen LogP contribution in [0.2, 0.25) is 5.02 Å². The van der Waals surface area contributed by atoms with Gasteiger partial charge in [0.2, 0.25) is 0 Å². The van der Waals surface area contributed by atoms with Crippen LogP contribution in [-0.4, -0.2) is 11.0 Å². The van der Waals surface area contributed by atoms with Gasteiger partial charge in [-0.15, -0.1) is 22.7 Å². The summed E-state index contributed by atoms with van der Waals surface area (Å²) in [6.07, 6.45) is 0. The third kappa shape index (κ3) is 3.90. The topological polar surface area (TPSA) is 54.0 Å². The molecule has 0 aliphatic heterocycles. The fourth-order valence-corrected chi connectivity index (χ4v) is 3.94. The third-order valence-corrected chi connectivity index (χ3v) is 5.47. The molecule has 23 heavy (non-hydrogen) atoms. The average molecular weight is 364 g/mol. The summed E-state index contributed by atoms with van der Waals surface area (Å²) < 4.78 is 0. The number of thiazole rings is 1. The predicted octanol–water partition coefficient (Wildman–Crippen LogP) is 5.16. The maximum Gasteiger partial charge on any atom is 0.320 e. The van der Waals surface area contributed by atoms with Gasteiger partial charge in [-0.1, -0.05) is 29.8 Å². The third-order valence-electron chi connectivity index (χ3n) is 3.16. The SMILES string of the molecule is Cc1nc(-c2ccccc2Cl)sc1CNC(=O)Nc1cccs1. The Kier molecular flexibility index (Phi) is 4.95. The first kappa shape index (κ1) is 16.0. The van der Waals surface area contributed by atoms with Gasteiger partial charge >= 0.3 is 6.03 Å². The van der Waals surface area contributed by atoms with Crippen LogP contribution in [0.3, 0.4) is 0 Å². The predicted molar refractivity (Wildman–Crippen MR) is 97.5 cm³/mol. The van der Waals surface area contributed by atoms with E-state index in [9.17, 15) is 4.79 Å². The first-order chi connectivity index (χ1) is 11.1. The fourth-order valence-electron chi connectivity index (χ4n) is 2.01. The van der Waals surface area contributed by atoms with E-state index in [1.54, 1.807) is 11.3 Å². The lowest BCUT2D eigenvalue weighted by Gasteiger charge is -2.04. The van der Waals surface area contributed by atoms with Crippen LogP contribution < -0.4 is 10.6 Å². The fraction of sp³-hybridized carbons (Fsp3) is 0.125. The number of amides is 2. The van der Waals surface area contributed by atoms with E-state index in [-0.39, 0.29) is 6.03 Å². The van der Waals surface area contributed by atoms with Crippen molar-refractivity contribution < 1.29 is 4.79 Å². The van der Waals surface area contributed by atoms with Crippen LogP contribution in [0.1, 0.15) is 10.6 Å². The molecular formula is C16H14ClN3OS2. The lowest BCUT2D eigenvalue weighted by atomic mass is 10.2. The van der Waals surface area contributed by atoms with Crippen LogP contribution in [0.15, 0.2) is 41.8 Å². The standard InChI is InChI=1S/C16H14ClN3OS2/c1-10-13(9-18-16(21)20-14-7-4-8-22-14)23-15(19-10)11-5-2-3-6-12(11)17/h2-8H,9H2,1H3,(H2,18,20,21). The van der Waals surface area contributed by atoms with Crippen molar-refractivity contribution in [3.05, 3.63) is 57.4 Å². The lowest BCUT2D eigenvalue weighted by Crippen LogP contribution is -2.27. The highest BCUT2D eigenvalue weighted by molar-refractivity contribution is 7.15. The molecule has 7 heteroatoms. The zero-order valence-electron chi connectivity index (χ0n) is 12.3. The second kappa shape index (κ2) is 7.12. The molecule has 0 unspecified atom stereocenters. The number of urea groups is 1. The van der Waals surface area contributed by atoms with Gasteiger partial charge in [0.15, 0.2) is 0 Å². The summed E-state index contributed by atoms with van der Waals surface area (Å²) in [5.74, 6) is 0. The number of anilines is 1. The number of aryl methyl sites for hydroxylation is 1. The van der Waals surface area contributed by atoms with Gasteiger partial charge in [0.05, 0.1) is 22.3 Å². The molecule has 3 aromatic rings. The summed E-state index contributed by atoms with van der Waals surface area (Å²) in [6.45, 7) is 2.37. The summed E-state index contributed by atoms with van der Waals surface area (Å²) in [5.41, 5.74) is 1.82. The Morgan fingerprint density at radius 1 is 1.26 bits per heavy atom. The minimum Gasteiger partial charge on any atom is -0.333 e. The van der Waals surface area contributed by atoms with E-state index in [0.717, 1.165) is 26.1 Å². The number of nitrogens with zero attached hydrogens (tertiary/aromatic N) is 1. The molecule has 2 N–H and O–H groups in total. The first-order valence-electron chi connectivity index (χ1n) is 6.93. The van der Waals surface area contributed by atoms with Gasteiger partial charge in [0.25, 0.3) is 0 Å². The Labute approximate surface area is 147 Å². The van der Waals surface area contributed by atoms with Crippen molar-refractivity contribution in [2.45, 2.75) is 13.5 Å². The number of carbonyl (C=O) groups is 1. The van der Waals surface area contributed by atoms with Gasteiger partial charge in [-0.25, -0.2) is 9.78 Å². The van der Waals surface area contributed by atoms with E-state index < -0.39 is 0 Å². The molecule has 0 spiro atoms. The summed E-state index contributed by atoms with van der Waals surface area (Å²) in [7, 11) is 0. The monoisotopic (exact) mass is 363 g/mol. The van der Waals surface area contributed by atoms with E-state index in [0.29, 0.717) is 11.6 Å². The summed E-state index contributed by atoms with van der Waals surface area (Å²) >= 11 is 9.24. The van der Waals surface area contributed by atoms with Crippen molar-refractivity contribution in [3.63, 3.8) is 0 Å². The smallest absolute Gasteiger partial charge is 0.320 e. The Morgan fingerprint density at radius 2 is 2.09 bits per heavy atom. The number of nitrogens with one attached hydrogen (secondary N) is 2. The largest absolute Gasteiger partial charge is 0.333 e. The number of carbonyl (C=O) groups excluding carboxylic acids is 1. The molecule has 0 aliphatic carbocycles. The first-order valence-corrected chi connectivity index (χ1v) is 9.00. The van der Waals surface area contributed by atoms with Crippen molar-refractivity contribution in [3.8, 4) is 10.6 Å². The quantitative estimate of drug-likeness (QED) is 0.673. The molecule has 1 aromatic carbocycles. The molecule has 0 bridgehead atoms. The molecule has 118 valence electrons. The maximum absolute atomic E-state index is 11.9. The second-order valence-electron chi connectivity index (χ2n) is 4.79. The molecule has 3 rings (SSSR count). The molecule has 0 saturated carbocycles. The van der Waals surface area contributed by atoms with Crippen LogP contribution in [0.4, 0.5) is 9.80 Å². The van der Waals surface area contributed by atoms with Gasteiger partial charge in [0, 0.05) is 10.4 Å². The summed E-state index contributed by atoms with van der Waals surface area (Å²) in [5, 5.41) is 9.92. The highest BCUT2D eigenvalue weighted by Gasteiger charge is 2.12. The molecule has 0 aliphatic rings. The maximum atomic E-state index is 11.9. The lowest BCUT2D eigenvalue weighted by molar-refractivity contribution is 0.252. The van der Waals surface area contributed by atoms with Crippen LogP contribution in [0.5, 0.6) is 0 Å². The average Bonchev–Trinajstić information content (AvgIpc) is 3.15. The second-order valence-corrected chi connectivity index (χ2v) is 7.23. The summed E-state index contributed by atoms with van der Waals surface area (Å²) in [6, 6.07) is 11.1. The number of rotatable bonds is 4. The van der Waals surface area contributed by atoms with E-state index in [1.807, 2.05) is 48.7 Å². The van der Waals surface area contributed by atoms with Gasteiger partial charge < -0.3 is 5.32 Å². The van der Waals surface area contributed by atoms with E-state index in [1.165, 1.54) is 11.3 Å². The highest BCUT2D eigenvalue weighted by atomic mass is 35.5. The van der Waals surface area contributed by atoms with Crippen LogP contribution >= 0.6 is 34.3 Å². The number of hydrogen-bond acceptors (Lipinski definition) is 4. The highest BCUT2D eigenvalue weighted by Crippen LogP contribution is 2.32. The van der Waals surface area contributed by atoms with Gasteiger partial charge in [-0.3, -0.25) is 5.32 Å². The van der Waals surface area contributed by atoms with Crippen molar-refractivity contribution in [2.24, 2.45) is 0 Å². The van der Waals surface area contributed by atoms with Crippen LogP contribution in [0.25, 0.3) is 10.6 Å². The van der Waals surface area contributed by atoms with E-state index >= 15 is 0 Å². The Hall–Kier alpha value is -1.89. The Bertz CT molecular complexity index is 815. The molecule has 2 heterocycles. The van der Waals surface area contributed by atoms with Crippen molar-refractivity contribution >= 4 is 45.3 Å². The number of thiophene rings is 1. The molecule has 2 amide bonds. The van der Waals surface area contributed by atoms with Crippen LogP contribution in [-0.2, 0) is 6.54 Å². The minimum absolute atomic E-state index is 0.223. The normalized spacial score (nSPS) is 10.5. The Balaban J connectivity index is 1.67. The van der Waals surface area contributed by atoms with Gasteiger partial charge in [-0.05, 0) is 30.5 Å². The van der Waals surface area contributed by atoms with Crippen molar-refractivity contribution in [1.82, 2.24) is 10.3 Å². The molecule has 0 saturated heterocycles. The minimum atomic E-state index is -0.223. The Morgan fingerprint density at radius 3 is 2.83 bits per heavy atom. The molecule has 0 atom stereocenters.